The third kappa shape index (κ3) is 4.63. The van der Waals surface area contributed by atoms with Gasteiger partial charge in [-0.2, -0.15) is 0 Å². The van der Waals surface area contributed by atoms with Gasteiger partial charge in [0.05, 0.1) is 5.03 Å². The first-order valence-corrected chi connectivity index (χ1v) is 6.02. The number of aromatic nitrogens is 1. The van der Waals surface area contributed by atoms with Crippen molar-refractivity contribution in [2.24, 2.45) is 0 Å². The van der Waals surface area contributed by atoms with E-state index in [1.165, 1.54) is 12.8 Å². The predicted molar refractivity (Wildman–Crippen MR) is 62.7 cm³/mol. The molecule has 0 radical (unpaired) electrons. The minimum absolute atomic E-state index is 0.624. The van der Waals surface area contributed by atoms with Crippen LogP contribution in [0.4, 0.5) is 0 Å². The Morgan fingerprint density at radius 1 is 1.50 bits per heavy atom. The van der Waals surface area contributed by atoms with Gasteiger partial charge in [0.1, 0.15) is 0 Å². The summed E-state index contributed by atoms with van der Waals surface area (Å²) in [5.74, 6) is 1.16. The fourth-order valence-electron chi connectivity index (χ4n) is 1.14. The van der Waals surface area contributed by atoms with E-state index in [-0.39, 0.29) is 0 Å². The molecule has 1 rings (SSSR count). The minimum Gasteiger partial charge on any atom is -0.317 e. The van der Waals surface area contributed by atoms with Crippen LogP contribution in [-0.4, -0.2) is 23.8 Å². The van der Waals surface area contributed by atoms with Crippen molar-refractivity contribution in [3.8, 4) is 0 Å². The lowest BCUT2D eigenvalue weighted by Gasteiger charge is -2.08. The largest absolute Gasteiger partial charge is 0.317 e. The zero-order valence-corrected chi connectivity index (χ0v) is 9.68. The molecule has 1 N–H and O–H groups in total. The molecule has 1 unspecified atom stereocenters. The molecule has 1 aromatic rings. The van der Waals surface area contributed by atoms with E-state index in [1.807, 2.05) is 37.1 Å². The Kier molecular flexibility index (Phi) is 5.64. The van der Waals surface area contributed by atoms with Crippen LogP contribution in [0.2, 0.25) is 0 Å². The Morgan fingerprint density at radius 3 is 3.00 bits per heavy atom. The quantitative estimate of drug-likeness (QED) is 0.577. The van der Waals surface area contributed by atoms with Gasteiger partial charge in [0.25, 0.3) is 0 Å². The number of thioether (sulfide) groups is 1. The van der Waals surface area contributed by atoms with E-state index in [0.717, 1.165) is 10.8 Å². The van der Waals surface area contributed by atoms with E-state index < -0.39 is 0 Å². The smallest absolute Gasteiger partial charge is 0.0959 e. The highest BCUT2D eigenvalue weighted by atomic mass is 32.2. The summed E-state index contributed by atoms with van der Waals surface area (Å²) in [5.41, 5.74) is 0. The molecule has 0 saturated carbocycles. The third-order valence-corrected chi connectivity index (χ3v) is 3.19. The highest BCUT2D eigenvalue weighted by molar-refractivity contribution is 7.99. The lowest BCUT2D eigenvalue weighted by Crippen LogP contribution is -2.20. The number of hydrogen-bond acceptors (Lipinski definition) is 3. The summed E-state index contributed by atoms with van der Waals surface area (Å²) in [6, 6.07) is 6.67. The van der Waals surface area contributed by atoms with Gasteiger partial charge in [0.2, 0.25) is 0 Å². The van der Waals surface area contributed by atoms with Crippen molar-refractivity contribution in [1.82, 2.24) is 10.3 Å². The van der Waals surface area contributed by atoms with Crippen molar-refractivity contribution in [2.45, 2.75) is 30.8 Å². The first kappa shape index (κ1) is 11.5. The standard InChI is InChI=1S/C11H18N2S/c1-10(12-2)6-5-9-14-11-7-3-4-8-13-11/h3-4,7-8,10,12H,5-6,9H2,1-2H3. The third-order valence-electron chi connectivity index (χ3n) is 2.16. The van der Waals surface area contributed by atoms with Gasteiger partial charge in [0.15, 0.2) is 0 Å². The molecule has 0 aromatic carbocycles. The second-order valence-corrected chi connectivity index (χ2v) is 4.46. The average Bonchev–Trinajstić information content (AvgIpc) is 2.25. The summed E-state index contributed by atoms with van der Waals surface area (Å²) in [7, 11) is 2.01. The molecule has 0 aliphatic rings. The van der Waals surface area contributed by atoms with Crippen molar-refractivity contribution in [3.05, 3.63) is 24.4 Å². The summed E-state index contributed by atoms with van der Waals surface area (Å²) >= 11 is 1.83. The van der Waals surface area contributed by atoms with Gasteiger partial charge < -0.3 is 5.32 Å². The second kappa shape index (κ2) is 6.85. The first-order chi connectivity index (χ1) is 6.83. The Morgan fingerprint density at radius 2 is 2.36 bits per heavy atom. The van der Waals surface area contributed by atoms with E-state index in [2.05, 4.69) is 23.3 Å². The van der Waals surface area contributed by atoms with Crippen LogP contribution in [0.3, 0.4) is 0 Å². The number of nitrogens with zero attached hydrogens (tertiary/aromatic N) is 1. The van der Waals surface area contributed by atoms with Crippen LogP contribution in [0.5, 0.6) is 0 Å². The number of nitrogens with one attached hydrogen (secondary N) is 1. The van der Waals surface area contributed by atoms with Crippen molar-refractivity contribution >= 4 is 11.8 Å². The summed E-state index contributed by atoms with van der Waals surface area (Å²) in [6.45, 7) is 2.21. The molecule has 14 heavy (non-hydrogen) atoms. The fraction of sp³-hybridized carbons (Fsp3) is 0.545. The molecular weight excluding hydrogens is 192 g/mol. The van der Waals surface area contributed by atoms with E-state index in [4.69, 9.17) is 0 Å². The van der Waals surface area contributed by atoms with Gasteiger partial charge in [-0.25, -0.2) is 4.98 Å². The first-order valence-electron chi connectivity index (χ1n) is 5.04. The minimum atomic E-state index is 0.624. The predicted octanol–water partition coefficient (Wildman–Crippen LogP) is 2.56. The highest BCUT2D eigenvalue weighted by Gasteiger charge is 1.98. The Bertz CT molecular complexity index is 238. The van der Waals surface area contributed by atoms with E-state index >= 15 is 0 Å². The van der Waals surface area contributed by atoms with Crippen LogP contribution in [0.15, 0.2) is 29.4 Å². The number of rotatable bonds is 6. The molecule has 0 amide bonds. The Hall–Kier alpha value is -0.540. The Labute approximate surface area is 90.5 Å². The summed E-state index contributed by atoms with van der Waals surface area (Å²) < 4.78 is 0. The Balaban J connectivity index is 2.10. The van der Waals surface area contributed by atoms with Crippen LogP contribution in [-0.2, 0) is 0 Å². The molecule has 2 nitrogen and oxygen atoms in total. The zero-order valence-electron chi connectivity index (χ0n) is 8.86. The molecule has 1 atom stereocenters. The van der Waals surface area contributed by atoms with Crippen LogP contribution in [0.1, 0.15) is 19.8 Å². The lowest BCUT2D eigenvalue weighted by atomic mass is 10.2. The van der Waals surface area contributed by atoms with Gasteiger partial charge in [0, 0.05) is 12.2 Å². The van der Waals surface area contributed by atoms with Crippen LogP contribution in [0.25, 0.3) is 0 Å². The van der Waals surface area contributed by atoms with E-state index in [1.54, 1.807) is 0 Å². The van der Waals surface area contributed by atoms with Crippen molar-refractivity contribution in [2.75, 3.05) is 12.8 Å². The maximum Gasteiger partial charge on any atom is 0.0959 e. The van der Waals surface area contributed by atoms with E-state index in [0.29, 0.717) is 6.04 Å². The summed E-state index contributed by atoms with van der Waals surface area (Å²) in [4.78, 5) is 4.26. The fourth-order valence-corrected chi connectivity index (χ4v) is 1.97. The van der Waals surface area contributed by atoms with Gasteiger partial charge >= 0.3 is 0 Å². The van der Waals surface area contributed by atoms with Crippen molar-refractivity contribution in [3.63, 3.8) is 0 Å². The topological polar surface area (TPSA) is 24.9 Å². The summed E-state index contributed by atoms with van der Waals surface area (Å²) in [6.07, 6.45) is 4.32. The number of pyridine rings is 1. The average molecular weight is 210 g/mol. The van der Waals surface area contributed by atoms with E-state index in [9.17, 15) is 0 Å². The molecule has 0 aliphatic carbocycles. The molecular formula is C11H18N2S. The van der Waals surface area contributed by atoms with Crippen LogP contribution < -0.4 is 5.32 Å². The van der Waals surface area contributed by atoms with Gasteiger partial charge in [-0.05, 0) is 44.7 Å². The van der Waals surface area contributed by atoms with Crippen LogP contribution >= 0.6 is 11.8 Å². The normalized spacial score (nSPS) is 12.7. The molecule has 0 saturated heterocycles. The molecule has 0 bridgehead atoms. The second-order valence-electron chi connectivity index (χ2n) is 3.35. The van der Waals surface area contributed by atoms with Gasteiger partial charge in [-0.15, -0.1) is 11.8 Å². The maximum absolute atomic E-state index is 4.26. The van der Waals surface area contributed by atoms with Crippen LogP contribution in [0, 0.1) is 0 Å². The molecule has 0 spiro atoms. The van der Waals surface area contributed by atoms with Crippen molar-refractivity contribution < 1.29 is 0 Å². The highest BCUT2D eigenvalue weighted by Crippen LogP contribution is 2.15. The SMILES string of the molecule is CNC(C)CCCSc1ccccn1. The van der Waals surface area contributed by atoms with Gasteiger partial charge in [-0.3, -0.25) is 0 Å². The monoisotopic (exact) mass is 210 g/mol. The molecule has 1 heterocycles. The lowest BCUT2D eigenvalue weighted by molar-refractivity contribution is 0.559. The number of hydrogen-bond donors (Lipinski definition) is 1. The summed E-state index contributed by atoms with van der Waals surface area (Å²) in [5, 5.41) is 4.37. The molecule has 0 fully saturated rings. The molecule has 1 aromatic heterocycles. The van der Waals surface area contributed by atoms with Crippen molar-refractivity contribution in [1.29, 1.82) is 0 Å². The zero-order chi connectivity index (χ0) is 10.2. The molecule has 0 aliphatic heterocycles. The molecule has 78 valence electrons. The molecule has 3 heteroatoms. The van der Waals surface area contributed by atoms with Gasteiger partial charge in [-0.1, -0.05) is 6.07 Å². The maximum atomic E-state index is 4.26.